The zero-order valence-corrected chi connectivity index (χ0v) is 41.1. The summed E-state index contributed by atoms with van der Waals surface area (Å²) in [5.74, 6) is -0.645. The molecule has 74 heavy (non-hydrogen) atoms. The molecule has 2 bridgehead atoms. The van der Waals surface area contributed by atoms with E-state index in [1.807, 2.05) is 0 Å². The fourth-order valence-electron chi connectivity index (χ4n) is 11.6. The van der Waals surface area contributed by atoms with Crippen molar-refractivity contribution in [3.63, 3.8) is 0 Å². The van der Waals surface area contributed by atoms with Gasteiger partial charge >= 0.3 is 6.01 Å². The molecule has 5 fully saturated rings. The van der Waals surface area contributed by atoms with E-state index in [0.717, 1.165) is 55.5 Å². The van der Waals surface area contributed by atoms with Crippen LogP contribution in [-0.4, -0.2) is 155 Å². The Kier molecular flexibility index (Phi) is 13.7. The van der Waals surface area contributed by atoms with Crippen molar-refractivity contribution in [3.8, 4) is 35.4 Å². The van der Waals surface area contributed by atoms with Crippen LogP contribution in [0.3, 0.4) is 0 Å². The maximum absolute atomic E-state index is 16.9. The van der Waals surface area contributed by atoms with E-state index in [4.69, 9.17) is 20.9 Å². The van der Waals surface area contributed by atoms with Gasteiger partial charge in [0, 0.05) is 94.3 Å². The van der Waals surface area contributed by atoms with E-state index in [2.05, 4.69) is 48.2 Å². The molecule has 3 aromatic carbocycles. The molecule has 8 heterocycles. The number of amides is 5. The fourth-order valence-corrected chi connectivity index (χ4v) is 11.6. The Balaban J connectivity index is 0.000000197. The molecular weight excluding hydrogens is 955 g/mol. The first kappa shape index (κ1) is 50.0. The number of imide groups is 2. The summed E-state index contributed by atoms with van der Waals surface area (Å²) >= 11 is 0. The number of hydrogen-bond donors (Lipinski definition) is 4. The Bertz CT molecular complexity index is 3170. The number of phenols is 1. The maximum Gasteiger partial charge on any atom is 0.319 e. The predicted octanol–water partition coefficient (Wildman–Crippen LogP) is 4.92. The molecule has 11 rings (SSSR count). The molecule has 2 aromatic heterocycles. The molecule has 18 nitrogen and oxygen atoms in total. The van der Waals surface area contributed by atoms with Gasteiger partial charge in [0.25, 0.3) is 11.8 Å². The summed E-state index contributed by atoms with van der Waals surface area (Å²) < 4.78 is 43.7. The Morgan fingerprint density at radius 3 is 2.59 bits per heavy atom. The summed E-state index contributed by atoms with van der Waals surface area (Å²) in [6.45, 7) is 8.50. The Morgan fingerprint density at radius 2 is 1.85 bits per heavy atom. The van der Waals surface area contributed by atoms with Crippen molar-refractivity contribution < 1.29 is 47.3 Å². The first-order valence-corrected chi connectivity index (χ1v) is 24.8. The SMILES string of the molecule is C#Cc1c(F)ccc2cc(O)cc(-c3ncc4c(N5CC6CCC(C5)N6)nc(OCC56CCC(COC)N5CC(=C)C6)nc4c3F)c12.CN(C=O)CCCNc1cccc2c1C(=O)N(C1CCC(=O)NC1=O)C2=O. The van der Waals surface area contributed by atoms with Crippen molar-refractivity contribution >= 4 is 63.2 Å². The molecule has 0 spiro atoms. The highest BCUT2D eigenvalue weighted by Crippen LogP contribution is 2.45. The number of hydrogen-bond acceptors (Lipinski definition) is 15. The van der Waals surface area contributed by atoms with Gasteiger partial charge in [0.15, 0.2) is 5.82 Å². The average molecular weight is 1010 g/mol. The number of carbonyl (C=O) groups is 5. The largest absolute Gasteiger partial charge is 0.508 e. The highest BCUT2D eigenvalue weighted by Gasteiger charge is 2.51. The number of carbonyl (C=O) groups excluding carboxylic acids is 5. The standard InChI is InChI=1S/C36H36F2N6O3.C18H20N4O5/c1-4-26-29(37)8-5-21-11-25(45)12-27(30(21)26)32-31(38)33-28(14-39-32)34(43-16-22-6-7-23(17-43)40-22)42-35(41-33)47-19-36-10-9-24(18-46-3)44(36)15-20(2)13-36;1-21(10-23)9-3-8-19-12-5-2-4-11-15(12)18(27)22(17(11)26)13-6-7-14(24)20-16(13)25/h1,5,8,11-12,14,22-24,40,45H,2,6-7,9-10,13,15-19H2,3H3;2,4-5,10,13,19H,3,6-9H2,1H3,(H,20,24,25). The van der Waals surface area contributed by atoms with Gasteiger partial charge in [-0.3, -0.25) is 44.1 Å². The van der Waals surface area contributed by atoms with Crippen molar-refractivity contribution in [3.05, 3.63) is 89.1 Å². The van der Waals surface area contributed by atoms with Crippen LogP contribution in [0, 0.1) is 24.0 Å². The van der Waals surface area contributed by atoms with Gasteiger partial charge in [0.1, 0.15) is 41.2 Å². The summed E-state index contributed by atoms with van der Waals surface area (Å²) in [5, 5.41) is 20.7. The lowest BCUT2D eigenvalue weighted by Crippen LogP contribution is -2.54. The van der Waals surface area contributed by atoms with Crippen LogP contribution in [0.2, 0.25) is 0 Å². The highest BCUT2D eigenvalue weighted by atomic mass is 19.1. The fraction of sp³-hybridized carbons (Fsp3) is 0.407. The van der Waals surface area contributed by atoms with Gasteiger partial charge in [-0.1, -0.05) is 30.2 Å². The second kappa shape index (κ2) is 20.4. The number of benzene rings is 3. The predicted molar refractivity (Wildman–Crippen MR) is 270 cm³/mol. The van der Waals surface area contributed by atoms with E-state index in [1.54, 1.807) is 38.6 Å². The molecule has 5 saturated heterocycles. The van der Waals surface area contributed by atoms with Gasteiger partial charge in [-0.15, -0.1) is 6.42 Å². The number of aromatic hydroxyl groups is 1. The minimum Gasteiger partial charge on any atom is -0.508 e. The molecule has 0 aliphatic carbocycles. The number of rotatable bonds is 14. The lowest BCUT2D eigenvalue weighted by Gasteiger charge is -2.35. The Labute approximate surface area is 425 Å². The molecule has 4 N–H and O–H groups in total. The molecule has 5 aromatic rings. The molecule has 5 atom stereocenters. The van der Waals surface area contributed by atoms with E-state index < -0.39 is 41.3 Å². The monoisotopic (exact) mass is 1010 g/mol. The van der Waals surface area contributed by atoms with Gasteiger partial charge in [-0.05, 0) is 80.7 Å². The topological polar surface area (TPSA) is 212 Å². The number of aromatic nitrogens is 3. The van der Waals surface area contributed by atoms with Crippen molar-refractivity contribution in [2.45, 2.75) is 81.1 Å². The van der Waals surface area contributed by atoms with Crippen LogP contribution < -0.4 is 25.6 Å². The van der Waals surface area contributed by atoms with Crippen LogP contribution in [0.25, 0.3) is 32.9 Å². The molecule has 6 aliphatic rings. The normalized spacial score (nSPS) is 23.1. The van der Waals surface area contributed by atoms with Gasteiger partial charge in [-0.25, -0.2) is 8.78 Å². The molecule has 20 heteroatoms. The smallest absolute Gasteiger partial charge is 0.319 e. The number of piperazine rings is 1. The van der Waals surface area contributed by atoms with Gasteiger partial charge in [-0.2, -0.15) is 9.97 Å². The molecule has 6 aliphatic heterocycles. The third kappa shape index (κ3) is 9.24. The molecule has 5 unspecified atom stereocenters. The lowest BCUT2D eigenvalue weighted by molar-refractivity contribution is -0.136. The number of terminal acetylenes is 1. The molecular formula is C54H56F2N10O8. The van der Waals surface area contributed by atoms with E-state index in [-0.39, 0.29) is 75.0 Å². The second-order valence-corrected chi connectivity index (χ2v) is 20.0. The van der Waals surface area contributed by atoms with Crippen LogP contribution in [0.1, 0.15) is 77.6 Å². The Morgan fingerprint density at radius 1 is 1.05 bits per heavy atom. The van der Waals surface area contributed by atoms with E-state index in [9.17, 15) is 33.5 Å². The summed E-state index contributed by atoms with van der Waals surface area (Å²) in [4.78, 5) is 80.7. The maximum atomic E-state index is 16.9. The summed E-state index contributed by atoms with van der Waals surface area (Å²) in [6, 6.07) is 10.4. The van der Waals surface area contributed by atoms with Gasteiger partial charge in [0.2, 0.25) is 18.2 Å². The molecule has 384 valence electrons. The second-order valence-electron chi connectivity index (χ2n) is 20.0. The van der Waals surface area contributed by atoms with Crippen molar-refractivity contribution in [2.75, 3.05) is 70.3 Å². The van der Waals surface area contributed by atoms with Crippen LogP contribution in [-0.2, 0) is 19.1 Å². The third-order valence-electron chi connectivity index (χ3n) is 15.1. The number of halogens is 2. The lowest BCUT2D eigenvalue weighted by atomic mass is 9.94. The molecule has 0 radical (unpaired) electrons. The number of nitrogens with one attached hydrogen (secondary N) is 3. The minimum absolute atomic E-state index is 0.0323. The number of nitrogens with zero attached hydrogens (tertiary/aromatic N) is 7. The van der Waals surface area contributed by atoms with E-state index in [0.29, 0.717) is 80.2 Å². The van der Waals surface area contributed by atoms with E-state index in [1.165, 1.54) is 29.2 Å². The van der Waals surface area contributed by atoms with Gasteiger partial charge in [0.05, 0.1) is 34.2 Å². The molecule has 0 saturated carbocycles. The number of fused-ring (bicyclic) bond motifs is 6. The van der Waals surface area contributed by atoms with Crippen molar-refractivity contribution in [2.24, 2.45) is 0 Å². The zero-order valence-electron chi connectivity index (χ0n) is 41.1. The van der Waals surface area contributed by atoms with E-state index >= 15 is 4.39 Å². The number of phenolic OH excluding ortho intramolecular Hbond substituents is 1. The first-order chi connectivity index (χ1) is 35.7. The number of pyridine rings is 1. The van der Waals surface area contributed by atoms with Crippen LogP contribution in [0.5, 0.6) is 11.8 Å². The van der Waals surface area contributed by atoms with Crippen LogP contribution in [0.15, 0.2) is 60.8 Å². The van der Waals surface area contributed by atoms with Gasteiger partial charge < -0.3 is 35.0 Å². The number of methoxy groups -OCH3 is 1. The summed E-state index contributed by atoms with van der Waals surface area (Å²) in [6.07, 6.45) is 13.7. The number of ether oxygens (including phenoxy) is 2. The quantitative estimate of drug-likeness (QED) is 0.0383. The minimum atomic E-state index is -0.982. The average Bonchev–Trinajstić information content (AvgIpc) is 4.09. The number of anilines is 2. The van der Waals surface area contributed by atoms with Crippen LogP contribution >= 0.6 is 0 Å². The van der Waals surface area contributed by atoms with Crippen molar-refractivity contribution in [1.29, 1.82) is 0 Å². The summed E-state index contributed by atoms with van der Waals surface area (Å²) in [7, 11) is 3.39. The molecule has 5 amide bonds. The van der Waals surface area contributed by atoms with Crippen molar-refractivity contribution in [1.82, 2.24) is 40.3 Å². The zero-order chi connectivity index (χ0) is 52.0. The Hall–Kier alpha value is -7.60. The summed E-state index contributed by atoms with van der Waals surface area (Å²) in [5.41, 5.74) is 1.93. The third-order valence-corrected chi connectivity index (χ3v) is 15.1. The van der Waals surface area contributed by atoms with Crippen LogP contribution in [0.4, 0.5) is 20.3 Å². The number of piperidine rings is 1. The first-order valence-electron chi connectivity index (χ1n) is 24.8. The highest BCUT2D eigenvalue weighted by molar-refractivity contribution is 6.25.